The van der Waals surface area contributed by atoms with Crippen molar-refractivity contribution in [3.8, 4) is 0 Å². The monoisotopic (exact) mass is 193 g/mol. The van der Waals surface area contributed by atoms with Gasteiger partial charge in [-0.05, 0) is 42.5 Å². The Balaban J connectivity index is 2.34. The van der Waals surface area contributed by atoms with Crippen LogP contribution in [0.2, 0.25) is 0 Å². The topological polar surface area (TPSA) is 29.1 Å². The number of carbonyl (C=O) groups is 1. The SMILES string of the molecule is O=CNC1CCCc2cc(F)ccc21. The predicted octanol–water partition coefficient (Wildman–Crippen LogP) is 1.95. The van der Waals surface area contributed by atoms with Crippen LogP contribution in [0.1, 0.15) is 30.0 Å². The first kappa shape index (κ1) is 9.19. The smallest absolute Gasteiger partial charge is 0.207 e. The highest BCUT2D eigenvalue weighted by Crippen LogP contribution is 2.29. The number of hydrogen-bond donors (Lipinski definition) is 1. The highest BCUT2D eigenvalue weighted by atomic mass is 19.1. The van der Waals surface area contributed by atoms with Gasteiger partial charge in [-0.1, -0.05) is 6.07 Å². The third-order valence-corrected chi connectivity index (χ3v) is 2.69. The fourth-order valence-electron chi connectivity index (χ4n) is 2.04. The molecule has 0 saturated heterocycles. The molecule has 0 saturated carbocycles. The van der Waals surface area contributed by atoms with Crippen LogP contribution in [0.4, 0.5) is 4.39 Å². The zero-order chi connectivity index (χ0) is 9.97. The maximum Gasteiger partial charge on any atom is 0.207 e. The first-order valence-corrected chi connectivity index (χ1v) is 4.79. The molecule has 2 rings (SSSR count). The lowest BCUT2D eigenvalue weighted by atomic mass is 9.88. The van der Waals surface area contributed by atoms with Crippen molar-refractivity contribution in [2.24, 2.45) is 0 Å². The number of nitrogens with one attached hydrogen (secondary N) is 1. The van der Waals surface area contributed by atoms with Crippen LogP contribution < -0.4 is 5.32 Å². The van der Waals surface area contributed by atoms with Crippen molar-refractivity contribution >= 4 is 6.41 Å². The Bertz CT molecular complexity index is 351. The Kier molecular flexibility index (Phi) is 2.48. The molecule has 1 atom stereocenters. The number of fused-ring (bicyclic) bond motifs is 1. The molecule has 0 heterocycles. The van der Waals surface area contributed by atoms with Crippen LogP contribution in [-0.2, 0) is 11.2 Å². The standard InChI is InChI=1S/C11H12FNO/c12-9-4-5-10-8(6-9)2-1-3-11(10)13-7-14/h4-7,11H,1-3H2,(H,13,14). The summed E-state index contributed by atoms with van der Waals surface area (Å²) >= 11 is 0. The molecule has 0 aliphatic heterocycles. The first-order valence-electron chi connectivity index (χ1n) is 4.79. The second kappa shape index (κ2) is 3.78. The molecule has 1 aromatic carbocycles. The highest BCUT2D eigenvalue weighted by Gasteiger charge is 2.19. The molecule has 0 bridgehead atoms. The number of benzene rings is 1. The second-order valence-electron chi connectivity index (χ2n) is 3.57. The van der Waals surface area contributed by atoms with E-state index >= 15 is 0 Å². The van der Waals surface area contributed by atoms with Crippen LogP contribution in [0.5, 0.6) is 0 Å². The molecule has 0 aromatic heterocycles. The van der Waals surface area contributed by atoms with Crippen LogP contribution in [0.25, 0.3) is 0 Å². The number of aryl methyl sites for hydroxylation is 1. The minimum Gasteiger partial charge on any atom is -0.352 e. The highest BCUT2D eigenvalue weighted by molar-refractivity contribution is 5.49. The molecule has 2 nitrogen and oxygen atoms in total. The fraction of sp³-hybridized carbons (Fsp3) is 0.364. The largest absolute Gasteiger partial charge is 0.352 e. The van der Waals surface area contributed by atoms with E-state index in [9.17, 15) is 9.18 Å². The molecule has 0 fully saturated rings. The van der Waals surface area contributed by atoms with E-state index in [4.69, 9.17) is 0 Å². The van der Waals surface area contributed by atoms with Gasteiger partial charge >= 0.3 is 0 Å². The van der Waals surface area contributed by atoms with Gasteiger partial charge in [0.2, 0.25) is 6.41 Å². The van der Waals surface area contributed by atoms with Gasteiger partial charge in [-0.3, -0.25) is 4.79 Å². The van der Waals surface area contributed by atoms with Gasteiger partial charge in [0, 0.05) is 0 Å². The number of halogens is 1. The van der Waals surface area contributed by atoms with E-state index in [0.29, 0.717) is 6.41 Å². The number of carbonyl (C=O) groups excluding carboxylic acids is 1. The molecule has 1 aliphatic rings. The Hall–Kier alpha value is -1.38. The summed E-state index contributed by atoms with van der Waals surface area (Å²) in [6.45, 7) is 0. The van der Waals surface area contributed by atoms with Gasteiger partial charge in [0.1, 0.15) is 5.82 Å². The minimum absolute atomic E-state index is 0.0665. The molecular formula is C11H12FNO. The second-order valence-corrected chi connectivity index (χ2v) is 3.57. The van der Waals surface area contributed by atoms with Crippen LogP contribution in [-0.4, -0.2) is 6.41 Å². The molecule has 1 amide bonds. The normalized spacial score (nSPS) is 19.9. The van der Waals surface area contributed by atoms with Crippen molar-refractivity contribution in [2.45, 2.75) is 25.3 Å². The molecule has 14 heavy (non-hydrogen) atoms. The van der Waals surface area contributed by atoms with Crippen LogP contribution in [0.3, 0.4) is 0 Å². The van der Waals surface area contributed by atoms with E-state index < -0.39 is 0 Å². The molecule has 1 N–H and O–H groups in total. The van der Waals surface area contributed by atoms with Gasteiger partial charge in [-0.25, -0.2) is 4.39 Å². The Labute approximate surface area is 82.1 Å². The Morgan fingerprint density at radius 2 is 2.36 bits per heavy atom. The molecular weight excluding hydrogens is 181 g/mol. The molecule has 0 radical (unpaired) electrons. The van der Waals surface area contributed by atoms with E-state index in [-0.39, 0.29) is 11.9 Å². The average Bonchev–Trinajstić information content (AvgIpc) is 2.18. The molecule has 1 aliphatic carbocycles. The lowest BCUT2D eigenvalue weighted by molar-refractivity contribution is -0.110. The Morgan fingerprint density at radius 1 is 1.50 bits per heavy atom. The summed E-state index contributed by atoms with van der Waals surface area (Å²) in [5.41, 5.74) is 2.08. The van der Waals surface area contributed by atoms with Crippen molar-refractivity contribution in [3.63, 3.8) is 0 Å². The zero-order valence-electron chi connectivity index (χ0n) is 7.79. The van der Waals surface area contributed by atoms with E-state index in [1.54, 1.807) is 12.1 Å². The first-order chi connectivity index (χ1) is 6.81. The summed E-state index contributed by atoms with van der Waals surface area (Å²) in [5.74, 6) is -0.199. The summed E-state index contributed by atoms with van der Waals surface area (Å²) < 4.78 is 12.9. The number of hydrogen-bond acceptors (Lipinski definition) is 1. The molecule has 74 valence electrons. The van der Waals surface area contributed by atoms with Crippen LogP contribution >= 0.6 is 0 Å². The predicted molar refractivity (Wildman–Crippen MR) is 51.3 cm³/mol. The van der Waals surface area contributed by atoms with Gasteiger partial charge in [-0.15, -0.1) is 0 Å². The summed E-state index contributed by atoms with van der Waals surface area (Å²) in [4.78, 5) is 10.4. The Morgan fingerprint density at radius 3 is 3.14 bits per heavy atom. The van der Waals surface area contributed by atoms with Crippen molar-refractivity contribution in [2.75, 3.05) is 0 Å². The third kappa shape index (κ3) is 1.62. The van der Waals surface area contributed by atoms with Crippen molar-refractivity contribution < 1.29 is 9.18 Å². The van der Waals surface area contributed by atoms with E-state index in [1.807, 2.05) is 0 Å². The van der Waals surface area contributed by atoms with Crippen LogP contribution in [0, 0.1) is 5.82 Å². The van der Waals surface area contributed by atoms with Gasteiger partial charge in [0.05, 0.1) is 6.04 Å². The van der Waals surface area contributed by atoms with Gasteiger partial charge in [0.15, 0.2) is 0 Å². The van der Waals surface area contributed by atoms with Crippen molar-refractivity contribution in [3.05, 3.63) is 35.1 Å². The minimum atomic E-state index is -0.199. The summed E-state index contributed by atoms with van der Waals surface area (Å²) in [6, 6.07) is 4.85. The number of amides is 1. The summed E-state index contributed by atoms with van der Waals surface area (Å²) in [5, 5.41) is 2.76. The van der Waals surface area contributed by atoms with E-state index in [1.165, 1.54) is 6.07 Å². The number of rotatable bonds is 2. The summed E-state index contributed by atoms with van der Waals surface area (Å²) in [6.07, 6.45) is 3.56. The summed E-state index contributed by atoms with van der Waals surface area (Å²) in [7, 11) is 0. The van der Waals surface area contributed by atoms with Crippen molar-refractivity contribution in [1.82, 2.24) is 5.32 Å². The van der Waals surface area contributed by atoms with Gasteiger partial charge < -0.3 is 5.32 Å². The zero-order valence-corrected chi connectivity index (χ0v) is 7.79. The van der Waals surface area contributed by atoms with Gasteiger partial charge in [-0.2, -0.15) is 0 Å². The lowest BCUT2D eigenvalue weighted by Crippen LogP contribution is -2.23. The van der Waals surface area contributed by atoms with Crippen LogP contribution in [0.15, 0.2) is 18.2 Å². The molecule has 1 unspecified atom stereocenters. The molecule has 1 aromatic rings. The van der Waals surface area contributed by atoms with E-state index in [0.717, 1.165) is 30.4 Å². The lowest BCUT2D eigenvalue weighted by Gasteiger charge is -2.24. The molecule has 3 heteroatoms. The van der Waals surface area contributed by atoms with Crippen molar-refractivity contribution in [1.29, 1.82) is 0 Å². The third-order valence-electron chi connectivity index (χ3n) is 2.69. The quantitative estimate of drug-likeness (QED) is 0.714. The maximum absolute atomic E-state index is 12.9. The molecule has 0 spiro atoms. The average molecular weight is 193 g/mol. The van der Waals surface area contributed by atoms with E-state index in [2.05, 4.69) is 5.32 Å². The van der Waals surface area contributed by atoms with Gasteiger partial charge in [0.25, 0.3) is 0 Å². The fourth-order valence-corrected chi connectivity index (χ4v) is 2.04. The maximum atomic E-state index is 12.9.